The number of benzene rings is 1. The predicted molar refractivity (Wildman–Crippen MR) is 96.9 cm³/mol. The van der Waals surface area contributed by atoms with Gasteiger partial charge in [-0.3, -0.25) is 4.79 Å². The van der Waals surface area contributed by atoms with Crippen molar-refractivity contribution in [3.63, 3.8) is 0 Å². The Labute approximate surface area is 165 Å². The Morgan fingerprint density at radius 2 is 2.07 bits per heavy atom. The average molecular weight is 420 g/mol. The van der Waals surface area contributed by atoms with Crippen LogP contribution in [-0.2, 0) is 0 Å². The number of nitrogens with zero attached hydrogens (tertiary/aromatic N) is 4. The summed E-state index contributed by atoms with van der Waals surface area (Å²) in [5.74, 6) is -2.46. The van der Waals surface area contributed by atoms with Crippen LogP contribution >= 0.6 is 0 Å². The third-order valence-electron chi connectivity index (χ3n) is 3.99. The maximum Gasteiger partial charge on any atom is 0.422 e. The molecular weight excluding hydrogens is 408 g/mol. The lowest BCUT2D eigenvalue weighted by Gasteiger charge is -2.09. The Balaban J connectivity index is 1.49. The number of ether oxygens (including phenoxy) is 1. The molecule has 0 radical (unpaired) electrons. The summed E-state index contributed by atoms with van der Waals surface area (Å²) in [5, 5.41) is 11.0. The van der Waals surface area contributed by atoms with E-state index in [9.17, 15) is 22.4 Å². The van der Waals surface area contributed by atoms with Crippen molar-refractivity contribution in [2.24, 2.45) is 0 Å². The van der Waals surface area contributed by atoms with Gasteiger partial charge in [0.1, 0.15) is 0 Å². The van der Waals surface area contributed by atoms with Crippen molar-refractivity contribution in [1.29, 1.82) is 0 Å². The Bertz CT molecular complexity index is 1220. The molecule has 0 saturated heterocycles. The molecule has 0 spiro atoms. The van der Waals surface area contributed by atoms with Crippen LogP contribution in [0.25, 0.3) is 16.6 Å². The number of para-hydroxylation sites is 1. The first-order valence-electron chi connectivity index (χ1n) is 8.45. The van der Waals surface area contributed by atoms with Gasteiger partial charge in [0, 0.05) is 23.2 Å². The molecule has 0 bridgehead atoms. The normalized spacial score (nSPS) is 11.6. The molecule has 2 N–H and O–H groups in total. The third kappa shape index (κ3) is 4.06. The van der Waals surface area contributed by atoms with Crippen molar-refractivity contribution in [2.75, 3.05) is 11.9 Å². The van der Waals surface area contributed by atoms with Crippen molar-refractivity contribution in [2.45, 2.75) is 6.18 Å². The van der Waals surface area contributed by atoms with E-state index >= 15 is 0 Å². The first-order valence-corrected chi connectivity index (χ1v) is 8.45. The smallest absolute Gasteiger partial charge is 0.422 e. The van der Waals surface area contributed by atoms with Gasteiger partial charge in [0.2, 0.25) is 0 Å². The number of rotatable bonds is 5. The molecule has 3 heterocycles. The molecular formula is C18H12F4N6O2. The minimum atomic E-state index is -4.62. The topological polar surface area (TPSA) is 97.7 Å². The largest absolute Gasteiger partial charge is 0.466 e. The number of aromatic amines is 1. The molecule has 8 nitrogen and oxygen atoms in total. The van der Waals surface area contributed by atoms with Gasteiger partial charge in [-0.1, -0.05) is 23.4 Å². The Morgan fingerprint density at radius 3 is 2.83 bits per heavy atom. The molecule has 0 atom stereocenters. The summed E-state index contributed by atoms with van der Waals surface area (Å²) in [5.41, 5.74) is 1.37. The van der Waals surface area contributed by atoms with Gasteiger partial charge >= 0.3 is 6.18 Å². The number of hydrogen-bond acceptors (Lipinski definition) is 5. The second-order valence-electron chi connectivity index (χ2n) is 6.13. The number of halogens is 4. The number of carbonyl (C=O) groups is 1. The van der Waals surface area contributed by atoms with Gasteiger partial charge in [-0.2, -0.15) is 13.2 Å². The standard InChI is InChI=1S/C18H12F4N6O2/c19-12-5-10(6-24-17(12)30-9-18(20,21)22)28-8-15(26-27-28)16(29)25-14-7-23-13-4-2-1-3-11(13)14/h1-8,23H,9H2,(H,25,29). The lowest BCUT2D eigenvalue weighted by molar-refractivity contribution is -0.154. The van der Waals surface area contributed by atoms with Gasteiger partial charge < -0.3 is 15.0 Å². The highest BCUT2D eigenvalue weighted by Gasteiger charge is 2.29. The molecule has 3 aromatic heterocycles. The molecule has 30 heavy (non-hydrogen) atoms. The number of hydrogen-bond donors (Lipinski definition) is 2. The van der Waals surface area contributed by atoms with Gasteiger partial charge in [0.05, 0.1) is 23.8 Å². The summed E-state index contributed by atoms with van der Waals surface area (Å²) in [7, 11) is 0. The predicted octanol–water partition coefficient (Wildman–Crippen LogP) is 3.48. The molecule has 154 valence electrons. The van der Waals surface area contributed by atoms with Gasteiger partial charge in [-0.15, -0.1) is 5.10 Å². The fourth-order valence-corrected chi connectivity index (χ4v) is 2.65. The van der Waals surface area contributed by atoms with E-state index in [-0.39, 0.29) is 11.4 Å². The van der Waals surface area contributed by atoms with Gasteiger partial charge in [0.15, 0.2) is 18.1 Å². The third-order valence-corrected chi connectivity index (χ3v) is 3.99. The van der Waals surface area contributed by atoms with E-state index in [2.05, 4.69) is 30.3 Å². The number of H-pyrrole nitrogens is 1. The van der Waals surface area contributed by atoms with Crippen molar-refractivity contribution >= 4 is 22.5 Å². The molecule has 12 heteroatoms. The Morgan fingerprint density at radius 1 is 1.27 bits per heavy atom. The molecule has 0 aliphatic carbocycles. The van der Waals surface area contributed by atoms with Crippen LogP contribution in [0.2, 0.25) is 0 Å². The number of nitrogens with one attached hydrogen (secondary N) is 2. The summed E-state index contributed by atoms with van der Waals surface area (Å²) in [6.07, 6.45) is -0.709. The summed E-state index contributed by atoms with van der Waals surface area (Å²) in [4.78, 5) is 19.0. The SMILES string of the molecule is O=C(Nc1c[nH]c2ccccc12)c1cn(-c2cnc(OCC(F)(F)F)c(F)c2)nn1. The minimum absolute atomic E-state index is 0.0468. The highest BCUT2D eigenvalue weighted by atomic mass is 19.4. The van der Waals surface area contributed by atoms with E-state index < -0.39 is 30.4 Å². The maximum absolute atomic E-state index is 14.0. The average Bonchev–Trinajstić information content (AvgIpc) is 3.34. The molecule has 0 fully saturated rings. The van der Waals surface area contributed by atoms with Crippen LogP contribution in [0.5, 0.6) is 5.88 Å². The van der Waals surface area contributed by atoms with Crippen LogP contribution in [0, 0.1) is 5.82 Å². The van der Waals surface area contributed by atoms with Crippen LogP contribution in [0.3, 0.4) is 0 Å². The number of amides is 1. The number of aromatic nitrogens is 5. The Kier molecular flexibility index (Phi) is 4.82. The van der Waals surface area contributed by atoms with Crippen LogP contribution < -0.4 is 10.1 Å². The van der Waals surface area contributed by atoms with Crippen LogP contribution in [-0.4, -0.2) is 43.7 Å². The molecule has 4 rings (SSSR count). The zero-order valence-corrected chi connectivity index (χ0v) is 14.9. The van der Waals surface area contributed by atoms with E-state index in [4.69, 9.17) is 0 Å². The van der Waals surface area contributed by atoms with Gasteiger partial charge in [-0.05, 0) is 6.07 Å². The fourth-order valence-electron chi connectivity index (χ4n) is 2.65. The molecule has 1 amide bonds. The van der Waals surface area contributed by atoms with Crippen LogP contribution in [0.15, 0.2) is 48.9 Å². The highest BCUT2D eigenvalue weighted by Crippen LogP contribution is 2.23. The minimum Gasteiger partial charge on any atom is -0.466 e. The Hall–Kier alpha value is -3.96. The van der Waals surface area contributed by atoms with Crippen molar-refractivity contribution in [1.82, 2.24) is 25.0 Å². The summed E-state index contributed by atoms with van der Waals surface area (Å²) in [6, 6.07) is 8.23. The van der Waals surface area contributed by atoms with E-state index in [1.165, 1.54) is 6.20 Å². The van der Waals surface area contributed by atoms with Crippen molar-refractivity contribution < 1.29 is 27.1 Å². The zero-order chi connectivity index (χ0) is 21.3. The van der Waals surface area contributed by atoms with E-state index in [1.54, 1.807) is 6.20 Å². The molecule has 0 aliphatic rings. The first-order chi connectivity index (χ1) is 14.3. The molecule has 0 unspecified atom stereocenters. The maximum atomic E-state index is 14.0. The molecule has 4 aromatic rings. The van der Waals surface area contributed by atoms with Crippen molar-refractivity contribution in [3.05, 3.63) is 60.4 Å². The van der Waals surface area contributed by atoms with E-state index in [0.717, 1.165) is 27.8 Å². The van der Waals surface area contributed by atoms with Gasteiger partial charge in [-0.25, -0.2) is 14.1 Å². The van der Waals surface area contributed by atoms with Crippen molar-refractivity contribution in [3.8, 4) is 11.6 Å². The number of anilines is 1. The number of alkyl halides is 3. The second-order valence-corrected chi connectivity index (χ2v) is 6.13. The van der Waals surface area contributed by atoms with Gasteiger partial charge in [0.25, 0.3) is 11.8 Å². The molecule has 1 aromatic carbocycles. The summed E-state index contributed by atoms with van der Waals surface area (Å²) >= 11 is 0. The quantitative estimate of drug-likeness (QED) is 0.482. The molecule has 0 saturated carbocycles. The lowest BCUT2D eigenvalue weighted by Crippen LogP contribution is -2.20. The van der Waals surface area contributed by atoms with E-state index in [1.807, 2.05) is 24.3 Å². The lowest BCUT2D eigenvalue weighted by atomic mass is 10.2. The summed E-state index contributed by atoms with van der Waals surface area (Å²) in [6.45, 7) is -1.67. The number of carbonyl (C=O) groups excluding carboxylic acids is 1. The van der Waals surface area contributed by atoms with Crippen LogP contribution in [0.1, 0.15) is 10.5 Å². The molecule has 0 aliphatic heterocycles. The first kappa shape index (κ1) is 19.4. The highest BCUT2D eigenvalue weighted by molar-refractivity contribution is 6.07. The fraction of sp³-hybridized carbons (Fsp3) is 0.111. The summed E-state index contributed by atoms with van der Waals surface area (Å²) < 4.78 is 55.9. The number of pyridine rings is 1. The monoisotopic (exact) mass is 420 g/mol. The van der Waals surface area contributed by atoms with Crippen LogP contribution in [0.4, 0.5) is 23.2 Å². The van der Waals surface area contributed by atoms with E-state index in [0.29, 0.717) is 5.69 Å². The second kappa shape index (κ2) is 7.46. The zero-order valence-electron chi connectivity index (χ0n) is 14.9. The number of fused-ring (bicyclic) bond motifs is 1.